The van der Waals surface area contributed by atoms with Crippen molar-refractivity contribution in [1.29, 1.82) is 0 Å². The van der Waals surface area contributed by atoms with Gasteiger partial charge >= 0.3 is 5.97 Å². The zero-order chi connectivity index (χ0) is 18.2. The van der Waals surface area contributed by atoms with Crippen molar-refractivity contribution in [3.05, 3.63) is 47.3 Å². The lowest BCUT2D eigenvalue weighted by Crippen LogP contribution is -2.50. The van der Waals surface area contributed by atoms with Crippen LogP contribution in [0.5, 0.6) is 0 Å². The summed E-state index contributed by atoms with van der Waals surface area (Å²) in [7, 11) is 0. The number of aromatic nitrogens is 2. The third-order valence-corrected chi connectivity index (χ3v) is 4.86. The van der Waals surface area contributed by atoms with E-state index in [4.69, 9.17) is 5.11 Å². The molecule has 3 rings (SSSR count). The Balaban J connectivity index is 1.81. The molecule has 0 radical (unpaired) electrons. The quantitative estimate of drug-likeness (QED) is 0.881. The van der Waals surface area contributed by atoms with Crippen molar-refractivity contribution >= 4 is 11.9 Å². The van der Waals surface area contributed by atoms with E-state index < -0.39 is 11.6 Å². The van der Waals surface area contributed by atoms with Crippen molar-refractivity contribution < 1.29 is 19.8 Å². The Labute approximate surface area is 145 Å². The minimum Gasteiger partial charge on any atom is -0.479 e. The van der Waals surface area contributed by atoms with E-state index in [9.17, 15) is 14.7 Å². The zero-order valence-corrected chi connectivity index (χ0v) is 14.3. The number of hydrogen-bond acceptors (Lipinski definition) is 4. The molecule has 1 aromatic heterocycles. The first-order chi connectivity index (χ1) is 11.8. The van der Waals surface area contributed by atoms with E-state index in [1.54, 1.807) is 15.8 Å². The van der Waals surface area contributed by atoms with Gasteiger partial charge in [0.25, 0.3) is 5.91 Å². The minimum absolute atomic E-state index is 0.0268. The summed E-state index contributed by atoms with van der Waals surface area (Å²) in [6.07, 6.45) is 1.60. The van der Waals surface area contributed by atoms with E-state index in [1.165, 1.54) is 0 Å². The lowest BCUT2D eigenvalue weighted by molar-refractivity contribution is -0.162. The number of carboxylic acids is 1. The van der Waals surface area contributed by atoms with Crippen LogP contribution in [0, 0.1) is 13.8 Å². The molecule has 1 amide bonds. The van der Waals surface area contributed by atoms with Crippen molar-refractivity contribution in [3.8, 4) is 5.69 Å². The zero-order valence-electron chi connectivity index (χ0n) is 14.3. The lowest BCUT2D eigenvalue weighted by atomic mass is 9.91. The highest BCUT2D eigenvalue weighted by Crippen LogP contribution is 2.25. The summed E-state index contributed by atoms with van der Waals surface area (Å²) in [5.74, 6) is -1.42. The van der Waals surface area contributed by atoms with E-state index >= 15 is 0 Å². The fourth-order valence-corrected chi connectivity index (χ4v) is 3.13. The monoisotopic (exact) mass is 343 g/mol. The first-order valence-corrected chi connectivity index (χ1v) is 8.19. The molecule has 2 aromatic rings. The van der Waals surface area contributed by atoms with Gasteiger partial charge in [-0.2, -0.15) is 5.10 Å². The number of hydrogen-bond donors (Lipinski definition) is 2. The van der Waals surface area contributed by atoms with Gasteiger partial charge in [0.2, 0.25) is 0 Å². The fraction of sp³-hybridized carbons (Fsp3) is 0.389. The van der Waals surface area contributed by atoms with Crippen molar-refractivity contribution in [2.75, 3.05) is 13.1 Å². The van der Waals surface area contributed by atoms with Gasteiger partial charge in [-0.15, -0.1) is 0 Å². The number of rotatable bonds is 3. The van der Waals surface area contributed by atoms with Crippen LogP contribution >= 0.6 is 0 Å². The van der Waals surface area contributed by atoms with Gasteiger partial charge in [-0.1, -0.05) is 18.2 Å². The Bertz CT molecular complexity index is 819. The number of amides is 1. The first-order valence-electron chi connectivity index (χ1n) is 8.19. The van der Waals surface area contributed by atoms with Crippen molar-refractivity contribution in [2.24, 2.45) is 0 Å². The maximum atomic E-state index is 12.8. The van der Waals surface area contributed by atoms with Crippen molar-refractivity contribution in [1.82, 2.24) is 14.7 Å². The topological polar surface area (TPSA) is 95.7 Å². The molecule has 0 aliphatic carbocycles. The number of para-hydroxylation sites is 1. The van der Waals surface area contributed by atoms with E-state index in [0.29, 0.717) is 5.56 Å². The third-order valence-electron chi connectivity index (χ3n) is 4.86. The predicted octanol–water partition coefficient (Wildman–Crippen LogP) is 1.54. The predicted molar refractivity (Wildman–Crippen MR) is 90.8 cm³/mol. The number of likely N-dealkylation sites (tertiary alicyclic amines) is 1. The number of aliphatic carboxylic acids is 1. The summed E-state index contributed by atoms with van der Waals surface area (Å²) in [6, 6.07) is 7.79. The highest BCUT2D eigenvalue weighted by Gasteiger charge is 2.40. The Morgan fingerprint density at radius 1 is 1.16 bits per heavy atom. The molecule has 2 heterocycles. The van der Waals surface area contributed by atoms with Gasteiger partial charge in [-0.25, -0.2) is 9.48 Å². The average molecular weight is 343 g/mol. The Morgan fingerprint density at radius 2 is 1.80 bits per heavy atom. The van der Waals surface area contributed by atoms with Crippen LogP contribution in [0.4, 0.5) is 0 Å². The Kier molecular flexibility index (Phi) is 4.34. The second-order valence-corrected chi connectivity index (χ2v) is 6.47. The smallest absolute Gasteiger partial charge is 0.335 e. The van der Waals surface area contributed by atoms with Crippen molar-refractivity contribution in [2.45, 2.75) is 32.3 Å². The number of benzene rings is 1. The van der Waals surface area contributed by atoms with Gasteiger partial charge < -0.3 is 15.1 Å². The van der Waals surface area contributed by atoms with Gasteiger partial charge in [0.15, 0.2) is 5.60 Å². The summed E-state index contributed by atoms with van der Waals surface area (Å²) in [5, 5.41) is 23.4. The molecule has 0 atom stereocenters. The molecule has 1 fully saturated rings. The molecule has 25 heavy (non-hydrogen) atoms. The van der Waals surface area contributed by atoms with Crippen LogP contribution < -0.4 is 0 Å². The standard InChI is InChI=1S/C18H21N3O4/c1-12-5-3-4-6-15(12)21-13(2)14(11-19-21)16(22)20-9-7-18(25,8-10-20)17(23)24/h3-6,11,25H,7-10H2,1-2H3,(H,23,24). The molecular formula is C18H21N3O4. The number of aliphatic hydroxyl groups is 1. The lowest BCUT2D eigenvalue weighted by Gasteiger charge is -2.35. The Hall–Kier alpha value is -2.67. The molecule has 0 bridgehead atoms. The highest BCUT2D eigenvalue weighted by atomic mass is 16.4. The van der Waals surface area contributed by atoms with Gasteiger partial charge in [0.05, 0.1) is 23.1 Å². The van der Waals surface area contributed by atoms with Gasteiger partial charge in [0.1, 0.15) is 0 Å². The van der Waals surface area contributed by atoms with E-state index in [2.05, 4.69) is 5.10 Å². The van der Waals surface area contributed by atoms with E-state index in [0.717, 1.165) is 16.9 Å². The van der Waals surface area contributed by atoms with Crippen LogP contribution in [-0.2, 0) is 4.79 Å². The first kappa shape index (κ1) is 17.2. The van der Waals surface area contributed by atoms with Crippen LogP contribution in [0.25, 0.3) is 5.69 Å². The molecule has 1 aliphatic rings. The number of carboxylic acid groups (broad SMARTS) is 1. The van der Waals surface area contributed by atoms with Crippen LogP contribution in [0.15, 0.2) is 30.5 Å². The average Bonchev–Trinajstić information content (AvgIpc) is 2.96. The molecule has 1 saturated heterocycles. The molecule has 7 heteroatoms. The number of aryl methyl sites for hydroxylation is 1. The largest absolute Gasteiger partial charge is 0.479 e. The summed E-state index contributed by atoms with van der Waals surface area (Å²) in [4.78, 5) is 25.4. The summed E-state index contributed by atoms with van der Waals surface area (Å²) >= 11 is 0. The number of carbonyl (C=O) groups is 2. The Morgan fingerprint density at radius 3 is 2.40 bits per heavy atom. The normalized spacial score (nSPS) is 16.7. The molecule has 2 N–H and O–H groups in total. The second-order valence-electron chi connectivity index (χ2n) is 6.47. The minimum atomic E-state index is -1.74. The van der Waals surface area contributed by atoms with Crippen LogP contribution in [0.2, 0.25) is 0 Å². The van der Waals surface area contributed by atoms with Crippen LogP contribution in [0.1, 0.15) is 34.5 Å². The fourth-order valence-electron chi connectivity index (χ4n) is 3.13. The molecule has 0 unspecified atom stereocenters. The van der Waals surface area contributed by atoms with Crippen LogP contribution in [0.3, 0.4) is 0 Å². The molecule has 132 valence electrons. The number of carbonyl (C=O) groups excluding carboxylic acids is 1. The second kappa shape index (κ2) is 6.33. The summed E-state index contributed by atoms with van der Waals surface area (Å²) in [6.45, 7) is 4.23. The van der Waals surface area contributed by atoms with Gasteiger partial charge in [-0.3, -0.25) is 4.79 Å². The highest BCUT2D eigenvalue weighted by molar-refractivity contribution is 5.95. The maximum absolute atomic E-state index is 12.8. The van der Waals surface area contributed by atoms with Crippen molar-refractivity contribution in [3.63, 3.8) is 0 Å². The van der Waals surface area contributed by atoms with Crippen LogP contribution in [-0.4, -0.2) is 55.5 Å². The summed E-state index contributed by atoms with van der Waals surface area (Å²) in [5.41, 5.74) is 1.45. The van der Waals surface area contributed by atoms with Gasteiger partial charge in [0, 0.05) is 25.9 Å². The molecule has 0 spiro atoms. The molecule has 0 saturated carbocycles. The summed E-state index contributed by atoms with van der Waals surface area (Å²) < 4.78 is 1.74. The molecule has 7 nitrogen and oxygen atoms in total. The molecule has 1 aromatic carbocycles. The maximum Gasteiger partial charge on any atom is 0.335 e. The molecule has 1 aliphatic heterocycles. The number of piperidine rings is 1. The SMILES string of the molecule is Cc1ccccc1-n1ncc(C(=O)N2CCC(O)(C(=O)O)CC2)c1C. The van der Waals surface area contributed by atoms with E-state index in [-0.39, 0.29) is 31.8 Å². The van der Waals surface area contributed by atoms with E-state index in [1.807, 2.05) is 38.1 Å². The van der Waals surface area contributed by atoms with Gasteiger partial charge in [-0.05, 0) is 25.5 Å². The third kappa shape index (κ3) is 3.02. The number of nitrogens with zero attached hydrogens (tertiary/aromatic N) is 3. The molecular weight excluding hydrogens is 322 g/mol.